The Kier molecular flexibility index (Phi) is 8.62. The number of carbonyl (C=O) groups excluding carboxylic acids is 2. The second kappa shape index (κ2) is 12.3. The number of halogens is 1. The van der Waals surface area contributed by atoms with E-state index in [-0.39, 0.29) is 4.90 Å². The number of amides is 4. The largest absolute Gasteiger partial charge is 0.329 e. The number of urea groups is 2. The van der Waals surface area contributed by atoms with Gasteiger partial charge in [-0.25, -0.2) is 22.7 Å². The molecule has 38 heavy (non-hydrogen) atoms. The van der Waals surface area contributed by atoms with Crippen LogP contribution in [0.2, 0.25) is 5.02 Å². The quantitative estimate of drug-likeness (QED) is 0.228. The molecule has 0 heterocycles. The number of hydrogen-bond acceptors (Lipinski definition) is 4. The number of sulfonamides is 1. The molecule has 0 spiro atoms. The Balaban J connectivity index is 1.62. The van der Waals surface area contributed by atoms with Crippen molar-refractivity contribution in [2.24, 2.45) is 0 Å². The molecular formula is C28H25ClN4O4S. The molecule has 0 aliphatic rings. The van der Waals surface area contributed by atoms with Gasteiger partial charge in [0.25, 0.3) is 10.0 Å². The molecule has 0 aliphatic carbocycles. The first-order valence-electron chi connectivity index (χ1n) is 11.6. The minimum Gasteiger partial charge on any atom is -0.329 e. The highest BCUT2D eigenvalue weighted by Gasteiger charge is 2.29. The van der Waals surface area contributed by atoms with Crippen LogP contribution in [0.4, 0.5) is 15.3 Å². The molecule has 0 saturated heterocycles. The van der Waals surface area contributed by atoms with Gasteiger partial charge in [0.2, 0.25) is 0 Å². The van der Waals surface area contributed by atoms with Crippen LogP contribution in [0.5, 0.6) is 0 Å². The number of rotatable bonds is 8. The SMILES string of the molecule is O=C(Nc1ccc(Cl)cc1)N[C@H](c1ccccc1)[C@H](NC(=O)NS(=O)(=O)c1ccccc1)c1ccccc1. The van der Waals surface area contributed by atoms with Crippen LogP contribution in [0.15, 0.2) is 120 Å². The molecule has 0 aliphatic heterocycles. The molecule has 2 atom stereocenters. The average Bonchev–Trinajstić information content (AvgIpc) is 2.93. The van der Waals surface area contributed by atoms with Gasteiger partial charge in [-0.2, -0.15) is 0 Å². The third-order valence-corrected chi connectivity index (χ3v) is 7.21. The lowest BCUT2D eigenvalue weighted by Gasteiger charge is -2.30. The predicted octanol–water partition coefficient (Wildman–Crippen LogP) is 5.63. The Morgan fingerprint density at radius 1 is 0.605 bits per heavy atom. The summed E-state index contributed by atoms with van der Waals surface area (Å²) in [6, 6.07) is 29.2. The zero-order valence-corrected chi connectivity index (χ0v) is 21.6. The number of benzene rings is 4. The van der Waals surface area contributed by atoms with Gasteiger partial charge in [-0.3, -0.25) is 0 Å². The number of anilines is 1. The molecule has 4 aromatic rings. The molecule has 0 aromatic heterocycles. The molecule has 10 heteroatoms. The molecule has 0 bridgehead atoms. The van der Waals surface area contributed by atoms with Crippen molar-refractivity contribution >= 4 is 39.4 Å². The summed E-state index contributed by atoms with van der Waals surface area (Å²) in [5.74, 6) is 0. The number of carbonyl (C=O) groups is 2. The first-order valence-corrected chi connectivity index (χ1v) is 13.5. The average molecular weight is 549 g/mol. The maximum Gasteiger partial charge on any atom is 0.329 e. The summed E-state index contributed by atoms with van der Waals surface area (Å²) in [7, 11) is -4.12. The lowest BCUT2D eigenvalue weighted by Crippen LogP contribution is -2.46. The topological polar surface area (TPSA) is 116 Å². The van der Waals surface area contributed by atoms with E-state index in [9.17, 15) is 18.0 Å². The molecule has 0 fully saturated rings. The normalized spacial score (nSPS) is 12.6. The maximum atomic E-state index is 13.0. The Morgan fingerprint density at radius 3 is 1.55 bits per heavy atom. The molecular weight excluding hydrogens is 524 g/mol. The Labute approximate surface area is 226 Å². The van der Waals surface area contributed by atoms with Crippen molar-refractivity contribution in [3.63, 3.8) is 0 Å². The highest BCUT2D eigenvalue weighted by atomic mass is 35.5. The van der Waals surface area contributed by atoms with Gasteiger partial charge in [0.15, 0.2) is 0 Å². The minimum atomic E-state index is -4.12. The summed E-state index contributed by atoms with van der Waals surface area (Å²) in [5, 5.41) is 8.95. The number of hydrogen-bond donors (Lipinski definition) is 4. The monoisotopic (exact) mass is 548 g/mol. The third-order valence-electron chi connectivity index (χ3n) is 5.61. The zero-order chi connectivity index (χ0) is 27.0. The van der Waals surface area contributed by atoms with E-state index < -0.39 is 34.2 Å². The molecule has 4 aromatic carbocycles. The fraction of sp³-hybridized carbons (Fsp3) is 0.0714. The van der Waals surface area contributed by atoms with Crippen molar-refractivity contribution < 1.29 is 18.0 Å². The van der Waals surface area contributed by atoms with E-state index in [0.717, 1.165) is 0 Å². The van der Waals surface area contributed by atoms with Gasteiger partial charge in [0.05, 0.1) is 17.0 Å². The lowest BCUT2D eigenvalue weighted by molar-refractivity contribution is 0.232. The predicted molar refractivity (Wildman–Crippen MR) is 147 cm³/mol. The standard InChI is InChI=1S/C28H25ClN4O4S/c29-22-16-18-23(19-17-22)30-27(34)31-25(20-10-4-1-5-11-20)26(21-12-6-2-7-13-21)32-28(35)33-38(36,37)24-14-8-3-9-15-24/h1-19,25-26H,(H2,30,31,34)(H2,32,33,35)/t25-,26-/m1/s1. The summed E-state index contributed by atoms with van der Waals surface area (Å²) in [4.78, 5) is 26.0. The fourth-order valence-corrected chi connectivity index (χ4v) is 4.89. The van der Waals surface area contributed by atoms with Crippen LogP contribution < -0.4 is 20.7 Å². The van der Waals surface area contributed by atoms with Crippen molar-refractivity contribution in [3.05, 3.63) is 131 Å². The third kappa shape index (κ3) is 7.12. The van der Waals surface area contributed by atoms with Crippen LogP contribution >= 0.6 is 11.6 Å². The van der Waals surface area contributed by atoms with Crippen molar-refractivity contribution in [3.8, 4) is 0 Å². The fourth-order valence-electron chi connectivity index (χ4n) is 3.83. The summed E-state index contributed by atoms with van der Waals surface area (Å²) in [5.41, 5.74) is 1.87. The van der Waals surface area contributed by atoms with Gasteiger partial charge in [-0.05, 0) is 47.5 Å². The van der Waals surface area contributed by atoms with E-state index >= 15 is 0 Å². The second-order valence-corrected chi connectivity index (χ2v) is 10.4. The molecule has 4 amide bonds. The molecule has 4 rings (SSSR count). The molecule has 8 nitrogen and oxygen atoms in total. The van der Waals surface area contributed by atoms with Crippen LogP contribution in [0.1, 0.15) is 23.2 Å². The minimum absolute atomic E-state index is 0.0495. The molecule has 194 valence electrons. The highest BCUT2D eigenvalue weighted by molar-refractivity contribution is 7.90. The summed E-state index contributed by atoms with van der Waals surface area (Å²) >= 11 is 5.94. The summed E-state index contributed by atoms with van der Waals surface area (Å²) < 4.78 is 27.5. The van der Waals surface area contributed by atoms with Crippen LogP contribution in [0.3, 0.4) is 0 Å². The van der Waals surface area contributed by atoms with Crippen molar-refractivity contribution in [2.75, 3.05) is 5.32 Å². The molecule has 4 N–H and O–H groups in total. The van der Waals surface area contributed by atoms with E-state index in [0.29, 0.717) is 21.8 Å². The second-order valence-electron chi connectivity index (χ2n) is 8.27. The van der Waals surface area contributed by atoms with Gasteiger partial charge in [0, 0.05) is 10.7 Å². The Morgan fingerprint density at radius 2 is 1.05 bits per heavy atom. The molecule has 0 radical (unpaired) electrons. The van der Waals surface area contributed by atoms with Crippen molar-refractivity contribution in [2.45, 2.75) is 17.0 Å². The van der Waals surface area contributed by atoms with Gasteiger partial charge >= 0.3 is 12.1 Å². The summed E-state index contributed by atoms with van der Waals surface area (Å²) in [6.45, 7) is 0. The van der Waals surface area contributed by atoms with Crippen LogP contribution in [0, 0.1) is 0 Å². The smallest absolute Gasteiger partial charge is 0.329 e. The van der Waals surface area contributed by atoms with E-state index in [1.54, 1.807) is 66.7 Å². The van der Waals surface area contributed by atoms with E-state index in [1.165, 1.54) is 12.1 Å². The van der Waals surface area contributed by atoms with Crippen LogP contribution in [0.25, 0.3) is 0 Å². The van der Waals surface area contributed by atoms with Gasteiger partial charge in [-0.1, -0.05) is 90.5 Å². The Hall–Kier alpha value is -4.34. The first kappa shape index (κ1) is 26.7. The van der Waals surface area contributed by atoms with E-state index in [4.69, 9.17) is 11.6 Å². The highest BCUT2D eigenvalue weighted by Crippen LogP contribution is 2.29. The Bertz CT molecular complexity index is 1470. The maximum absolute atomic E-state index is 13.0. The van der Waals surface area contributed by atoms with Crippen LogP contribution in [-0.2, 0) is 10.0 Å². The van der Waals surface area contributed by atoms with E-state index in [2.05, 4.69) is 20.7 Å². The van der Waals surface area contributed by atoms with Gasteiger partial charge in [-0.15, -0.1) is 0 Å². The molecule has 0 saturated carbocycles. The zero-order valence-electron chi connectivity index (χ0n) is 20.0. The molecule has 0 unspecified atom stereocenters. The van der Waals surface area contributed by atoms with E-state index in [1.807, 2.05) is 36.4 Å². The van der Waals surface area contributed by atoms with Crippen molar-refractivity contribution in [1.29, 1.82) is 0 Å². The van der Waals surface area contributed by atoms with Gasteiger partial charge in [0.1, 0.15) is 0 Å². The first-order chi connectivity index (χ1) is 18.3. The number of nitrogens with one attached hydrogen (secondary N) is 4. The van der Waals surface area contributed by atoms with Gasteiger partial charge < -0.3 is 16.0 Å². The lowest BCUT2D eigenvalue weighted by atomic mass is 9.93. The summed E-state index contributed by atoms with van der Waals surface area (Å²) in [6.07, 6.45) is 0. The van der Waals surface area contributed by atoms with Crippen LogP contribution in [-0.4, -0.2) is 20.5 Å². The van der Waals surface area contributed by atoms with Crippen molar-refractivity contribution in [1.82, 2.24) is 15.4 Å².